The van der Waals surface area contributed by atoms with Gasteiger partial charge in [-0.3, -0.25) is 0 Å². The minimum atomic E-state index is -1.19. The number of nitrogens with zero attached hydrogens (tertiary/aromatic N) is 1. The molecule has 10 nitrogen and oxygen atoms in total. The molecule has 0 spiro atoms. The molecule has 1 saturated heterocycles. The van der Waals surface area contributed by atoms with Gasteiger partial charge in [0.25, 0.3) is 0 Å². The molecule has 0 aliphatic carbocycles. The van der Waals surface area contributed by atoms with Crippen molar-refractivity contribution in [1.29, 1.82) is 0 Å². The third-order valence-electron chi connectivity index (χ3n) is 7.65. The van der Waals surface area contributed by atoms with Crippen LogP contribution in [0.25, 0.3) is 0 Å². The molecule has 1 aromatic heterocycles. The summed E-state index contributed by atoms with van der Waals surface area (Å²) < 4.78 is 36.4. The first kappa shape index (κ1) is 35.4. The van der Waals surface area contributed by atoms with Gasteiger partial charge in [-0.15, -0.1) is 0 Å². The Labute approximate surface area is 270 Å². The molecule has 2 aromatic carbocycles. The van der Waals surface area contributed by atoms with Crippen molar-refractivity contribution in [2.75, 3.05) is 52.5 Å². The van der Waals surface area contributed by atoms with Gasteiger partial charge in [-0.2, -0.15) is 11.8 Å². The molecule has 3 aromatic rings. The number of rotatable bonds is 20. The first-order chi connectivity index (χ1) is 22.0. The molecule has 45 heavy (non-hydrogen) atoms. The number of aromatic hydroxyl groups is 1. The van der Waals surface area contributed by atoms with E-state index >= 15 is 0 Å². The van der Waals surface area contributed by atoms with Crippen molar-refractivity contribution in [2.45, 2.75) is 63.0 Å². The minimum absolute atomic E-state index is 0.108. The predicted molar refractivity (Wildman–Crippen MR) is 172 cm³/mol. The van der Waals surface area contributed by atoms with Crippen LogP contribution in [0, 0.1) is 6.92 Å². The standard InChI is InChI=1S/C34H47NO9S/c1-25-8-11-28(35(25)15-14-26-9-12-29(36)13-10-26)24-45-21-20-41-17-16-40-18-19-43-33-32(38)31(37)30(44-34(33)39-2)23-42-22-27-6-4-3-5-7-27/h3-13,30-34,36-38H,14-24H2,1-2H3/t30-,31-,32+,33-,34+/m1/s1. The van der Waals surface area contributed by atoms with Gasteiger partial charge < -0.3 is 48.3 Å². The first-order valence-corrected chi connectivity index (χ1v) is 16.6. The largest absolute Gasteiger partial charge is 0.508 e. The van der Waals surface area contributed by atoms with Crippen LogP contribution >= 0.6 is 11.8 Å². The summed E-state index contributed by atoms with van der Waals surface area (Å²) in [6.07, 6.45) is -3.90. The highest BCUT2D eigenvalue weighted by atomic mass is 32.2. The third kappa shape index (κ3) is 11.4. The van der Waals surface area contributed by atoms with Crippen LogP contribution in [0.2, 0.25) is 0 Å². The maximum Gasteiger partial charge on any atom is 0.186 e. The van der Waals surface area contributed by atoms with E-state index in [1.165, 1.54) is 24.1 Å². The van der Waals surface area contributed by atoms with E-state index in [4.69, 9.17) is 28.4 Å². The van der Waals surface area contributed by atoms with Crippen LogP contribution in [-0.2, 0) is 53.7 Å². The van der Waals surface area contributed by atoms with Crippen LogP contribution in [0.4, 0.5) is 0 Å². The Morgan fingerprint density at radius 1 is 0.822 bits per heavy atom. The van der Waals surface area contributed by atoms with Crippen LogP contribution < -0.4 is 0 Å². The lowest BCUT2D eigenvalue weighted by molar-refractivity contribution is -0.306. The number of aliphatic hydroxyl groups excluding tert-OH is 2. The van der Waals surface area contributed by atoms with Gasteiger partial charge in [0.2, 0.25) is 0 Å². The van der Waals surface area contributed by atoms with Gasteiger partial charge in [0.05, 0.1) is 46.2 Å². The van der Waals surface area contributed by atoms with Gasteiger partial charge in [0.1, 0.15) is 30.2 Å². The van der Waals surface area contributed by atoms with Gasteiger partial charge in [0, 0.05) is 36.5 Å². The van der Waals surface area contributed by atoms with Crippen LogP contribution in [0.15, 0.2) is 66.7 Å². The van der Waals surface area contributed by atoms with Gasteiger partial charge in [-0.05, 0) is 48.7 Å². The highest BCUT2D eigenvalue weighted by molar-refractivity contribution is 7.98. The predicted octanol–water partition coefficient (Wildman–Crippen LogP) is 3.71. The van der Waals surface area contributed by atoms with Crippen molar-refractivity contribution in [3.05, 3.63) is 89.2 Å². The summed E-state index contributed by atoms with van der Waals surface area (Å²) >= 11 is 1.84. The molecular formula is C34H47NO9S. The second-order valence-corrected chi connectivity index (χ2v) is 12.0. The lowest BCUT2D eigenvalue weighted by Crippen LogP contribution is -2.60. The molecule has 2 heterocycles. The SMILES string of the molecule is CO[C@H]1O[C@H](COCc2ccccc2)[C@@H](O)[C@H](O)[C@H]1OCCOCCOCCSCc1ccc(C)n1CCc1ccc(O)cc1. The van der Waals surface area contributed by atoms with Gasteiger partial charge >= 0.3 is 0 Å². The Hall–Kier alpha value is -2.45. The van der Waals surface area contributed by atoms with Crippen LogP contribution in [0.1, 0.15) is 22.5 Å². The number of aliphatic hydroxyl groups is 2. The molecule has 0 amide bonds. The van der Waals surface area contributed by atoms with E-state index in [1.807, 2.05) is 54.2 Å². The zero-order valence-corrected chi connectivity index (χ0v) is 27.0. The van der Waals surface area contributed by atoms with E-state index in [1.54, 1.807) is 12.1 Å². The molecule has 0 unspecified atom stereocenters. The number of aromatic nitrogens is 1. The lowest BCUT2D eigenvalue weighted by atomic mass is 9.99. The number of aryl methyl sites for hydroxylation is 2. The Morgan fingerprint density at radius 3 is 2.31 bits per heavy atom. The molecule has 248 valence electrons. The maximum atomic E-state index is 10.7. The minimum Gasteiger partial charge on any atom is -0.508 e. The number of phenolic OH excluding ortho intramolecular Hbond substituents is 1. The number of thioether (sulfide) groups is 1. The smallest absolute Gasteiger partial charge is 0.186 e. The number of hydrogen-bond donors (Lipinski definition) is 3. The summed E-state index contributed by atoms with van der Waals surface area (Å²) in [6, 6.07) is 21.4. The lowest BCUT2D eigenvalue weighted by Gasteiger charge is -2.41. The molecule has 1 fully saturated rings. The Morgan fingerprint density at radius 2 is 1.56 bits per heavy atom. The molecule has 5 atom stereocenters. The average Bonchev–Trinajstić information content (AvgIpc) is 3.41. The molecule has 1 aliphatic rings. The van der Waals surface area contributed by atoms with Gasteiger partial charge in [0.15, 0.2) is 6.29 Å². The van der Waals surface area contributed by atoms with Crippen molar-refractivity contribution in [3.8, 4) is 5.75 Å². The number of benzene rings is 2. The first-order valence-electron chi connectivity index (χ1n) is 15.4. The summed E-state index contributed by atoms with van der Waals surface area (Å²) in [5.74, 6) is 2.08. The van der Waals surface area contributed by atoms with Crippen molar-refractivity contribution in [1.82, 2.24) is 4.57 Å². The molecule has 11 heteroatoms. The van der Waals surface area contributed by atoms with E-state index in [-0.39, 0.29) is 13.2 Å². The summed E-state index contributed by atoms with van der Waals surface area (Å²) in [5.41, 5.74) is 4.75. The number of phenols is 1. The monoisotopic (exact) mass is 645 g/mol. The summed E-state index contributed by atoms with van der Waals surface area (Å²) in [5, 5.41) is 30.8. The van der Waals surface area contributed by atoms with E-state index in [0.29, 0.717) is 38.8 Å². The number of methoxy groups -OCH3 is 1. The molecule has 3 N–H and O–H groups in total. The zero-order chi connectivity index (χ0) is 31.9. The zero-order valence-electron chi connectivity index (χ0n) is 26.2. The normalized spacial score (nSPS) is 21.7. The fourth-order valence-electron chi connectivity index (χ4n) is 5.11. The van der Waals surface area contributed by atoms with Crippen LogP contribution in [0.5, 0.6) is 5.75 Å². The maximum absolute atomic E-state index is 10.7. The fraction of sp³-hybridized carbons (Fsp3) is 0.529. The number of hydrogen-bond acceptors (Lipinski definition) is 10. The molecule has 1 aliphatic heterocycles. The van der Waals surface area contributed by atoms with Crippen LogP contribution in [0.3, 0.4) is 0 Å². The highest BCUT2D eigenvalue weighted by Crippen LogP contribution is 2.25. The van der Waals surface area contributed by atoms with E-state index in [2.05, 4.69) is 23.6 Å². The average molecular weight is 646 g/mol. The highest BCUT2D eigenvalue weighted by Gasteiger charge is 2.45. The Bertz CT molecular complexity index is 1220. The number of ether oxygens (including phenoxy) is 6. The topological polar surface area (TPSA) is 121 Å². The van der Waals surface area contributed by atoms with E-state index in [0.717, 1.165) is 30.0 Å². The van der Waals surface area contributed by atoms with Gasteiger partial charge in [-0.25, -0.2) is 0 Å². The van der Waals surface area contributed by atoms with Crippen molar-refractivity contribution in [2.24, 2.45) is 0 Å². The molecule has 0 radical (unpaired) electrons. The van der Waals surface area contributed by atoms with Gasteiger partial charge in [-0.1, -0.05) is 42.5 Å². The van der Waals surface area contributed by atoms with Crippen molar-refractivity contribution < 1.29 is 43.7 Å². The Balaban J connectivity index is 1.03. The fourth-order valence-corrected chi connectivity index (χ4v) is 5.95. The molecule has 0 bridgehead atoms. The van der Waals surface area contributed by atoms with Crippen molar-refractivity contribution >= 4 is 11.8 Å². The second kappa shape index (κ2) is 19.3. The molecule has 0 saturated carbocycles. The Kier molecular flexibility index (Phi) is 15.2. The van der Waals surface area contributed by atoms with E-state index in [9.17, 15) is 15.3 Å². The van der Waals surface area contributed by atoms with Crippen molar-refractivity contribution in [3.63, 3.8) is 0 Å². The molecule has 4 rings (SSSR count). The third-order valence-corrected chi connectivity index (χ3v) is 8.61. The molecular weight excluding hydrogens is 598 g/mol. The summed E-state index contributed by atoms with van der Waals surface area (Å²) in [7, 11) is 1.47. The quantitative estimate of drug-likeness (QED) is 0.157. The summed E-state index contributed by atoms with van der Waals surface area (Å²) in [6.45, 7) is 5.55. The summed E-state index contributed by atoms with van der Waals surface area (Å²) in [4.78, 5) is 0. The second-order valence-electron chi connectivity index (χ2n) is 10.9. The van der Waals surface area contributed by atoms with E-state index < -0.39 is 30.7 Å². The van der Waals surface area contributed by atoms with Crippen LogP contribution in [-0.4, -0.2) is 103 Å².